The molecule has 0 bridgehead atoms. The van der Waals surface area contributed by atoms with Gasteiger partial charge in [-0.05, 0) is 51.4 Å². The van der Waals surface area contributed by atoms with Gasteiger partial charge in [0.05, 0.1) is 12.2 Å². The first-order valence-corrected chi connectivity index (χ1v) is 5.87. The predicted octanol–water partition coefficient (Wildman–Crippen LogP) is 2.62. The molecule has 0 saturated carbocycles. The van der Waals surface area contributed by atoms with Crippen molar-refractivity contribution in [1.82, 2.24) is 0 Å². The summed E-state index contributed by atoms with van der Waals surface area (Å²) in [6.07, 6.45) is 5.14. The maximum atomic E-state index is 5.75. The predicted molar refractivity (Wildman–Crippen MR) is 56.3 cm³/mol. The van der Waals surface area contributed by atoms with Crippen LogP contribution in [-0.4, -0.2) is 25.4 Å². The molecule has 2 saturated heterocycles. The minimum atomic E-state index is 0.125. The minimum Gasteiger partial charge on any atom is -0.381 e. The Morgan fingerprint density at radius 3 is 2.64 bits per heavy atom. The molecular weight excluding hydrogens is 176 g/mol. The van der Waals surface area contributed by atoms with Crippen molar-refractivity contribution in [3.8, 4) is 0 Å². The first-order valence-electron chi connectivity index (χ1n) is 5.87. The SMILES string of the molecule is CC1(C)C[C@@H](C[C@H]2CCCOC2)CO1. The summed E-state index contributed by atoms with van der Waals surface area (Å²) in [7, 11) is 0. The Labute approximate surface area is 87.0 Å². The van der Waals surface area contributed by atoms with E-state index < -0.39 is 0 Å². The Bertz CT molecular complexity index is 183. The molecular formula is C12H22O2. The van der Waals surface area contributed by atoms with Gasteiger partial charge in [-0.25, -0.2) is 0 Å². The quantitative estimate of drug-likeness (QED) is 0.679. The number of ether oxygens (including phenoxy) is 2. The van der Waals surface area contributed by atoms with Crippen LogP contribution in [-0.2, 0) is 9.47 Å². The van der Waals surface area contributed by atoms with Gasteiger partial charge in [0.25, 0.3) is 0 Å². The van der Waals surface area contributed by atoms with Gasteiger partial charge in [-0.1, -0.05) is 0 Å². The van der Waals surface area contributed by atoms with Crippen molar-refractivity contribution in [1.29, 1.82) is 0 Å². The molecule has 2 atom stereocenters. The van der Waals surface area contributed by atoms with Crippen LogP contribution >= 0.6 is 0 Å². The number of rotatable bonds is 2. The van der Waals surface area contributed by atoms with Gasteiger partial charge in [0, 0.05) is 13.2 Å². The van der Waals surface area contributed by atoms with Gasteiger partial charge < -0.3 is 9.47 Å². The fourth-order valence-corrected chi connectivity index (χ4v) is 2.77. The second kappa shape index (κ2) is 4.19. The zero-order valence-electron chi connectivity index (χ0n) is 9.42. The first-order chi connectivity index (χ1) is 6.66. The molecule has 0 radical (unpaired) electrons. The van der Waals surface area contributed by atoms with Crippen LogP contribution in [0.3, 0.4) is 0 Å². The highest BCUT2D eigenvalue weighted by Crippen LogP contribution is 2.34. The summed E-state index contributed by atoms with van der Waals surface area (Å²) in [6.45, 7) is 7.32. The monoisotopic (exact) mass is 198 g/mol. The van der Waals surface area contributed by atoms with Crippen LogP contribution in [0.4, 0.5) is 0 Å². The Kier molecular flexibility index (Phi) is 3.13. The lowest BCUT2D eigenvalue weighted by Crippen LogP contribution is -2.21. The lowest BCUT2D eigenvalue weighted by molar-refractivity contribution is 0.0303. The summed E-state index contributed by atoms with van der Waals surface area (Å²) in [5.74, 6) is 1.57. The average Bonchev–Trinajstić information content (AvgIpc) is 2.47. The molecule has 0 aromatic rings. The topological polar surface area (TPSA) is 18.5 Å². The zero-order valence-corrected chi connectivity index (χ0v) is 9.42. The largest absolute Gasteiger partial charge is 0.381 e. The molecule has 2 heteroatoms. The van der Waals surface area contributed by atoms with Gasteiger partial charge in [0.2, 0.25) is 0 Å². The molecule has 2 nitrogen and oxygen atoms in total. The molecule has 82 valence electrons. The maximum absolute atomic E-state index is 5.75. The van der Waals surface area contributed by atoms with Crippen LogP contribution in [0.15, 0.2) is 0 Å². The van der Waals surface area contributed by atoms with Crippen molar-refractivity contribution in [3.05, 3.63) is 0 Å². The molecule has 0 amide bonds. The van der Waals surface area contributed by atoms with Gasteiger partial charge in [-0.15, -0.1) is 0 Å². The molecule has 14 heavy (non-hydrogen) atoms. The summed E-state index contributed by atoms with van der Waals surface area (Å²) in [6, 6.07) is 0. The highest BCUT2D eigenvalue weighted by atomic mass is 16.5. The Morgan fingerprint density at radius 1 is 1.21 bits per heavy atom. The van der Waals surface area contributed by atoms with E-state index in [1.165, 1.54) is 25.7 Å². The fraction of sp³-hybridized carbons (Fsp3) is 1.00. The van der Waals surface area contributed by atoms with Crippen LogP contribution in [0, 0.1) is 11.8 Å². The fourth-order valence-electron chi connectivity index (χ4n) is 2.77. The van der Waals surface area contributed by atoms with Gasteiger partial charge in [0.1, 0.15) is 0 Å². The smallest absolute Gasteiger partial charge is 0.0630 e. The normalized spacial score (nSPS) is 37.3. The summed E-state index contributed by atoms with van der Waals surface area (Å²) >= 11 is 0. The molecule has 2 aliphatic heterocycles. The zero-order chi connectivity index (χ0) is 10.0. The van der Waals surface area contributed by atoms with Crippen LogP contribution < -0.4 is 0 Å². The molecule has 0 unspecified atom stereocenters. The van der Waals surface area contributed by atoms with Gasteiger partial charge in [0.15, 0.2) is 0 Å². The highest BCUT2D eigenvalue weighted by Gasteiger charge is 2.33. The minimum absolute atomic E-state index is 0.125. The molecule has 0 aromatic heterocycles. The van der Waals surface area contributed by atoms with Crippen molar-refractivity contribution in [2.24, 2.45) is 11.8 Å². The van der Waals surface area contributed by atoms with E-state index in [2.05, 4.69) is 13.8 Å². The molecule has 2 aliphatic rings. The Balaban J connectivity index is 1.75. The van der Waals surface area contributed by atoms with E-state index in [1.54, 1.807) is 0 Å². The maximum Gasteiger partial charge on any atom is 0.0630 e. The van der Waals surface area contributed by atoms with E-state index in [0.29, 0.717) is 0 Å². The second-order valence-electron chi connectivity index (χ2n) is 5.46. The number of hydrogen-bond donors (Lipinski definition) is 0. The van der Waals surface area contributed by atoms with Gasteiger partial charge >= 0.3 is 0 Å². The van der Waals surface area contributed by atoms with Crippen LogP contribution in [0.25, 0.3) is 0 Å². The van der Waals surface area contributed by atoms with Gasteiger partial charge in [-0.2, -0.15) is 0 Å². The van der Waals surface area contributed by atoms with Crippen LogP contribution in [0.1, 0.15) is 39.5 Å². The van der Waals surface area contributed by atoms with E-state index in [-0.39, 0.29) is 5.60 Å². The highest BCUT2D eigenvalue weighted by molar-refractivity contribution is 4.82. The van der Waals surface area contributed by atoms with E-state index in [4.69, 9.17) is 9.47 Å². The molecule has 2 fully saturated rings. The Morgan fingerprint density at radius 2 is 2.07 bits per heavy atom. The molecule has 2 heterocycles. The third kappa shape index (κ3) is 2.71. The van der Waals surface area contributed by atoms with E-state index in [9.17, 15) is 0 Å². The van der Waals surface area contributed by atoms with Crippen molar-refractivity contribution in [3.63, 3.8) is 0 Å². The molecule has 0 N–H and O–H groups in total. The molecule has 0 aliphatic carbocycles. The first kappa shape index (κ1) is 10.4. The number of hydrogen-bond acceptors (Lipinski definition) is 2. The van der Waals surface area contributed by atoms with Crippen molar-refractivity contribution in [2.75, 3.05) is 19.8 Å². The average molecular weight is 198 g/mol. The van der Waals surface area contributed by atoms with Crippen molar-refractivity contribution >= 4 is 0 Å². The summed E-state index contributed by atoms with van der Waals surface area (Å²) in [5.41, 5.74) is 0.125. The van der Waals surface area contributed by atoms with E-state index in [1.807, 2.05) is 0 Å². The van der Waals surface area contributed by atoms with E-state index in [0.717, 1.165) is 31.7 Å². The van der Waals surface area contributed by atoms with E-state index >= 15 is 0 Å². The lowest BCUT2D eigenvalue weighted by atomic mass is 9.87. The standard InChI is InChI=1S/C12H22O2/c1-12(2)7-11(9-14-12)6-10-4-3-5-13-8-10/h10-11H,3-9H2,1-2H3/t10-,11-/m1/s1. The second-order valence-corrected chi connectivity index (χ2v) is 5.46. The van der Waals surface area contributed by atoms with Crippen molar-refractivity contribution in [2.45, 2.75) is 45.1 Å². The molecule has 0 aromatic carbocycles. The molecule has 2 rings (SSSR count). The third-order valence-corrected chi connectivity index (χ3v) is 3.41. The van der Waals surface area contributed by atoms with Crippen LogP contribution in [0.5, 0.6) is 0 Å². The lowest BCUT2D eigenvalue weighted by Gasteiger charge is -2.24. The summed E-state index contributed by atoms with van der Waals surface area (Å²) < 4.78 is 11.3. The van der Waals surface area contributed by atoms with Crippen molar-refractivity contribution < 1.29 is 9.47 Å². The summed E-state index contributed by atoms with van der Waals surface area (Å²) in [4.78, 5) is 0. The van der Waals surface area contributed by atoms with Gasteiger partial charge in [-0.3, -0.25) is 0 Å². The molecule has 0 spiro atoms. The summed E-state index contributed by atoms with van der Waals surface area (Å²) in [5, 5.41) is 0. The third-order valence-electron chi connectivity index (χ3n) is 3.41. The Hall–Kier alpha value is -0.0800. The van der Waals surface area contributed by atoms with Crippen LogP contribution in [0.2, 0.25) is 0 Å².